The van der Waals surface area contributed by atoms with Crippen LogP contribution >= 0.6 is 0 Å². The quantitative estimate of drug-likeness (QED) is 0.415. The second-order valence-corrected chi connectivity index (χ2v) is 7.55. The molecule has 2 aromatic heterocycles. The van der Waals surface area contributed by atoms with Gasteiger partial charge in [0.25, 0.3) is 11.5 Å². The van der Waals surface area contributed by atoms with Gasteiger partial charge in [-0.3, -0.25) is 9.59 Å². The standard InChI is InChI=1S/C25H23N3O6/c1-4-32-19-10-8-17(9-11-19)24(30)27-21-7-5-6-20(16(21)3)25(31)33-14-18-13-23(29)28-22(26-18)12-15(2)34-28/h5-13H,4,14H2,1-3H3,(H,27,30). The average Bonchev–Trinajstić information content (AvgIpc) is 3.20. The highest BCUT2D eigenvalue weighted by atomic mass is 16.5. The Hall–Kier alpha value is -4.40. The van der Waals surface area contributed by atoms with E-state index >= 15 is 0 Å². The smallest absolute Gasteiger partial charge is 0.338 e. The molecule has 4 aromatic rings. The summed E-state index contributed by atoms with van der Waals surface area (Å²) in [5, 5.41) is 2.82. The number of ether oxygens (including phenoxy) is 2. The molecule has 34 heavy (non-hydrogen) atoms. The minimum atomic E-state index is -0.597. The van der Waals surface area contributed by atoms with Crippen LogP contribution in [0.15, 0.2) is 63.9 Å². The zero-order valence-corrected chi connectivity index (χ0v) is 19.0. The van der Waals surface area contributed by atoms with Crippen LogP contribution in [0.5, 0.6) is 5.75 Å². The number of carbonyl (C=O) groups is 2. The number of aromatic nitrogens is 2. The van der Waals surface area contributed by atoms with Gasteiger partial charge in [0.1, 0.15) is 18.1 Å². The van der Waals surface area contributed by atoms with Crippen molar-refractivity contribution in [1.82, 2.24) is 9.56 Å². The van der Waals surface area contributed by atoms with Gasteiger partial charge in [0.2, 0.25) is 0 Å². The summed E-state index contributed by atoms with van der Waals surface area (Å²) in [4.78, 5) is 41.8. The molecule has 0 spiro atoms. The molecule has 0 aliphatic rings. The molecule has 0 unspecified atom stereocenters. The fourth-order valence-electron chi connectivity index (χ4n) is 3.42. The van der Waals surface area contributed by atoms with Crippen molar-refractivity contribution in [1.29, 1.82) is 0 Å². The summed E-state index contributed by atoms with van der Waals surface area (Å²) < 4.78 is 17.1. The van der Waals surface area contributed by atoms with E-state index in [-0.39, 0.29) is 12.5 Å². The first kappa shape index (κ1) is 22.8. The van der Waals surface area contributed by atoms with Crippen LogP contribution in [0.25, 0.3) is 5.65 Å². The first-order valence-electron chi connectivity index (χ1n) is 10.7. The van der Waals surface area contributed by atoms with Gasteiger partial charge in [0.05, 0.1) is 17.9 Å². The van der Waals surface area contributed by atoms with Crippen LogP contribution in [0.1, 0.15) is 44.7 Å². The molecule has 0 radical (unpaired) electrons. The van der Waals surface area contributed by atoms with Gasteiger partial charge in [0.15, 0.2) is 5.65 Å². The highest BCUT2D eigenvalue weighted by Crippen LogP contribution is 2.22. The van der Waals surface area contributed by atoms with E-state index in [4.69, 9.17) is 14.0 Å². The maximum atomic E-state index is 12.7. The van der Waals surface area contributed by atoms with E-state index in [1.807, 2.05) is 6.92 Å². The van der Waals surface area contributed by atoms with Gasteiger partial charge >= 0.3 is 5.97 Å². The minimum absolute atomic E-state index is 0.184. The second-order valence-electron chi connectivity index (χ2n) is 7.55. The lowest BCUT2D eigenvalue weighted by molar-refractivity contribution is 0.0466. The van der Waals surface area contributed by atoms with Crippen molar-refractivity contribution in [3.05, 3.63) is 93.1 Å². The van der Waals surface area contributed by atoms with Crippen LogP contribution in [0, 0.1) is 13.8 Å². The third kappa shape index (κ3) is 4.83. The highest BCUT2D eigenvalue weighted by Gasteiger charge is 2.16. The van der Waals surface area contributed by atoms with Crippen LogP contribution in [-0.2, 0) is 11.3 Å². The van der Waals surface area contributed by atoms with E-state index in [1.165, 1.54) is 6.07 Å². The monoisotopic (exact) mass is 461 g/mol. The Labute approximate surface area is 194 Å². The van der Waals surface area contributed by atoms with Crippen molar-refractivity contribution in [3.63, 3.8) is 0 Å². The van der Waals surface area contributed by atoms with Gasteiger partial charge in [-0.1, -0.05) is 6.07 Å². The number of anilines is 1. The Morgan fingerprint density at radius 3 is 2.59 bits per heavy atom. The van der Waals surface area contributed by atoms with Crippen molar-refractivity contribution in [2.75, 3.05) is 11.9 Å². The fourth-order valence-corrected chi connectivity index (χ4v) is 3.42. The molecule has 2 aromatic carbocycles. The van der Waals surface area contributed by atoms with Crippen molar-refractivity contribution in [2.24, 2.45) is 0 Å². The van der Waals surface area contributed by atoms with Gasteiger partial charge in [-0.2, -0.15) is 0 Å². The molecule has 0 bridgehead atoms. The van der Waals surface area contributed by atoms with E-state index < -0.39 is 11.5 Å². The molecule has 0 atom stereocenters. The Morgan fingerprint density at radius 1 is 1.09 bits per heavy atom. The van der Waals surface area contributed by atoms with E-state index in [2.05, 4.69) is 10.3 Å². The molecule has 0 saturated carbocycles. The lowest BCUT2D eigenvalue weighted by Crippen LogP contribution is -2.16. The molecule has 0 aliphatic carbocycles. The molecule has 1 amide bonds. The number of amides is 1. The van der Waals surface area contributed by atoms with Gasteiger partial charge in [0, 0.05) is 23.4 Å². The Balaban J connectivity index is 1.46. The van der Waals surface area contributed by atoms with Crippen LogP contribution in [0.2, 0.25) is 0 Å². The third-order valence-corrected chi connectivity index (χ3v) is 5.10. The summed E-state index contributed by atoms with van der Waals surface area (Å²) >= 11 is 0. The van der Waals surface area contributed by atoms with E-state index in [1.54, 1.807) is 62.4 Å². The lowest BCUT2D eigenvalue weighted by atomic mass is 10.1. The van der Waals surface area contributed by atoms with Gasteiger partial charge < -0.3 is 19.3 Å². The number of benzene rings is 2. The van der Waals surface area contributed by atoms with Crippen LogP contribution in [0.4, 0.5) is 5.69 Å². The molecule has 0 aliphatic heterocycles. The van der Waals surface area contributed by atoms with Crippen molar-refractivity contribution in [2.45, 2.75) is 27.4 Å². The SMILES string of the molecule is CCOc1ccc(C(=O)Nc2cccc(C(=O)OCc3cc(=O)n4oc(C)cc4n3)c2C)cc1. The number of rotatable bonds is 7. The molecule has 0 saturated heterocycles. The number of aryl methyl sites for hydroxylation is 1. The molecule has 0 fully saturated rings. The number of nitrogens with one attached hydrogen (secondary N) is 1. The van der Waals surface area contributed by atoms with Crippen molar-refractivity contribution < 1.29 is 23.6 Å². The number of hydrogen-bond acceptors (Lipinski definition) is 7. The predicted molar refractivity (Wildman–Crippen MR) is 124 cm³/mol. The number of esters is 1. The number of nitrogens with zero attached hydrogens (tertiary/aromatic N) is 2. The maximum absolute atomic E-state index is 12.7. The van der Waals surface area contributed by atoms with Crippen LogP contribution < -0.4 is 15.6 Å². The molecule has 9 heteroatoms. The summed E-state index contributed by atoms with van der Waals surface area (Å²) in [5.41, 5.74) is 2.03. The van der Waals surface area contributed by atoms with Gasteiger partial charge in [-0.05, 0) is 62.7 Å². The van der Waals surface area contributed by atoms with E-state index in [9.17, 15) is 14.4 Å². The second kappa shape index (κ2) is 9.62. The maximum Gasteiger partial charge on any atom is 0.338 e. The lowest BCUT2D eigenvalue weighted by Gasteiger charge is -2.12. The van der Waals surface area contributed by atoms with Crippen molar-refractivity contribution >= 4 is 23.2 Å². The average molecular weight is 461 g/mol. The van der Waals surface area contributed by atoms with Crippen LogP contribution in [-0.4, -0.2) is 28.0 Å². The van der Waals surface area contributed by atoms with E-state index in [0.717, 1.165) is 4.57 Å². The first-order valence-corrected chi connectivity index (χ1v) is 10.7. The number of hydrogen-bond donors (Lipinski definition) is 1. The van der Waals surface area contributed by atoms with Gasteiger partial charge in [-0.15, -0.1) is 4.57 Å². The highest BCUT2D eigenvalue weighted by molar-refractivity contribution is 6.05. The zero-order valence-electron chi connectivity index (χ0n) is 19.0. The topological polar surface area (TPSA) is 112 Å². The molecule has 174 valence electrons. The Morgan fingerprint density at radius 2 is 1.85 bits per heavy atom. The summed E-state index contributed by atoms with van der Waals surface area (Å²) in [6.07, 6.45) is 0. The first-order chi connectivity index (χ1) is 16.4. The van der Waals surface area contributed by atoms with Crippen molar-refractivity contribution in [3.8, 4) is 5.75 Å². The zero-order chi connectivity index (χ0) is 24.2. The Bertz CT molecular complexity index is 1420. The molecular weight excluding hydrogens is 438 g/mol. The molecule has 4 rings (SSSR count). The molecule has 2 heterocycles. The third-order valence-electron chi connectivity index (χ3n) is 5.10. The normalized spacial score (nSPS) is 10.8. The Kier molecular flexibility index (Phi) is 6.44. The minimum Gasteiger partial charge on any atom is -0.494 e. The molecular formula is C25H23N3O6. The summed E-state index contributed by atoms with van der Waals surface area (Å²) in [6, 6.07) is 14.6. The number of carbonyl (C=O) groups excluding carboxylic acids is 2. The molecule has 9 nitrogen and oxygen atoms in total. The van der Waals surface area contributed by atoms with E-state index in [0.29, 0.717) is 51.8 Å². The fraction of sp³-hybridized carbons (Fsp3) is 0.200. The summed E-state index contributed by atoms with van der Waals surface area (Å²) in [5.74, 6) is 0.308. The largest absolute Gasteiger partial charge is 0.494 e. The van der Waals surface area contributed by atoms with Gasteiger partial charge in [-0.25, -0.2) is 9.78 Å². The molecule has 1 N–H and O–H groups in total. The summed E-state index contributed by atoms with van der Waals surface area (Å²) in [6.45, 7) is 5.67. The number of fused-ring (bicyclic) bond motifs is 1. The summed E-state index contributed by atoms with van der Waals surface area (Å²) in [7, 11) is 0. The predicted octanol–water partition coefficient (Wildman–Crippen LogP) is 3.91. The van der Waals surface area contributed by atoms with Crippen LogP contribution in [0.3, 0.4) is 0 Å².